The van der Waals surface area contributed by atoms with Gasteiger partial charge in [0.15, 0.2) is 5.78 Å². The fourth-order valence-corrected chi connectivity index (χ4v) is 2.28. The van der Waals surface area contributed by atoms with E-state index >= 15 is 0 Å². The average molecular weight is 302 g/mol. The average Bonchev–Trinajstić information content (AvgIpc) is 2.43. The van der Waals surface area contributed by atoms with Crippen LogP contribution < -0.4 is 0 Å². The largest absolute Gasteiger partial charge is 0.308 e. The van der Waals surface area contributed by atoms with Crippen LogP contribution >= 0.6 is 0 Å². The van der Waals surface area contributed by atoms with Gasteiger partial charge in [-0.3, -0.25) is 4.79 Å². The van der Waals surface area contributed by atoms with Crippen LogP contribution in [0.2, 0.25) is 0 Å². The zero-order valence-corrected chi connectivity index (χ0v) is 14.9. The summed E-state index contributed by atoms with van der Waals surface area (Å²) in [7, 11) is 6.20. The first-order valence-electron chi connectivity index (χ1n) is 7.83. The smallest absolute Gasteiger partial charge is 0.162 e. The van der Waals surface area contributed by atoms with Gasteiger partial charge >= 0.3 is 0 Å². The van der Waals surface area contributed by atoms with Crippen molar-refractivity contribution in [1.82, 2.24) is 9.80 Å². The maximum atomic E-state index is 12.5. The molecular formula is C19H30N2O. The molecule has 1 aromatic rings. The Morgan fingerprint density at radius 1 is 1.09 bits per heavy atom. The molecule has 0 aliphatic heterocycles. The molecule has 0 bridgehead atoms. The van der Waals surface area contributed by atoms with Gasteiger partial charge in [0.25, 0.3) is 0 Å². The molecule has 0 saturated carbocycles. The molecule has 0 saturated heterocycles. The first-order valence-corrected chi connectivity index (χ1v) is 7.83. The van der Waals surface area contributed by atoms with Crippen LogP contribution in [-0.2, 0) is 4.79 Å². The predicted molar refractivity (Wildman–Crippen MR) is 95.1 cm³/mol. The van der Waals surface area contributed by atoms with Crippen molar-refractivity contribution in [3.8, 4) is 0 Å². The summed E-state index contributed by atoms with van der Waals surface area (Å²) < 4.78 is 0. The Kier molecular flexibility index (Phi) is 6.98. The van der Waals surface area contributed by atoms with Gasteiger partial charge in [-0.25, -0.2) is 0 Å². The van der Waals surface area contributed by atoms with E-state index in [0.29, 0.717) is 0 Å². The van der Waals surface area contributed by atoms with Crippen LogP contribution in [0.5, 0.6) is 0 Å². The summed E-state index contributed by atoms with van der Waals surface area (Å²) in [5, 5.41) is 0. The molecule has 1 rings (SSSR count). The van der Waals surface area contributed by atoms with E-state index in [1.54, 1.807) is 6.08 Å². The van der Waals surface area contributed by atoms with E-state index in [2.05, 4.69) is 50.0 Å². The van der Waals surface area contributed by atoms with Gasteiger partial charge < -0.3 is 9.80 Å². The second-order valence-corrected chi connectivity index (χ2v) is 7.03. The van der Waals surface area contributed by atoms with Crippen LogP contribution in [0.25, 0.3) is 6.08 Å². The number of carbonyl (C=O) groups is 1. The van der Waals surface area contributed by atoms with Crippen molar-refractivity contribution in [3.05, 3.63) is 41.5 Å². The minimum atomic E-state index is -0.373. The quantitative estimate of drug-likeness (QED) is 0.689. The maximum absolute atomic E-state index is 12.5. The highest BCUT2D eigenvalue weighted by Crippen LogP contribution is 2.19. The molecule has 0 aliphatic carbocycles. The molecule has 0 atom stereocenters. The molecule has 0 N–H and O–H groups in total. The molecule has 0 radical (unpaired) electrons. The third kappa shape index (κ3) is 6.54. The van der Waals surface area contributed by atoms with Gasteiger partial charge in [0.2, 0.25) is 0 Å². The molecule has 1 aromatic carbocycles. The second-order valence-electron chi connectivity index (χ2n) is 7.03. The lowest BCUT2D eigenvalue weighted by Crippen LogP contribution is -2.39. The number of likely N-dealkylation sites (N-methyl/N-ethyl adjacent to an activating group) is 2. The van der Waals surface area contributed by atoms with Gasteiger partial charge in [-0.15, -0.1) is 0 Å². The van der Waals surface area contributed by atoms with E-state index in [0.717, 1.165) is 25.2 Å². The molecule has 0 fully saturated rings. The first-order chi connectivity index (χ1) is 10.2. The molecule has 22 heavy (non-hydrogen) atoms. The highest BCUT2D eigenvalue weighted by Gasteiger charge is 2.26. The summed E-state index contributed by atoms with van der Waals surface area (Å²) in [6.45, 7) is 8.82. The molecule has 3 heteroatoms. The van der Waals surface area contributed by atoms with Crippen molar-refractivity contribution in [3.63, 3.8) is 0 Å². The fraction of sp³-hybridized carbons (Fsp3) is 0.526. The number of carbonyl (C=O) groups excluding carboxylic acids is 1. The van der Waals surface area contributed by atoms with Gasteiger partial charge in [0.1, 0.15) is 0 Å². The first kappa shape index (κ1) is 18.6. The highest BCUT2D eigenvalue weighted by atomic mass is 16.1. The Hall–Kier alpha value is -1.45. The zero-order valence-electron chi connectivity index (χ0n) is 14.9. The SMILES string of the molecule is Cc1ccc(/C=C\C(=O)C(C)(C)CN(C)CCN(C)C)cc1. The van der Waals surface area contributed by atoms with Gasteiger partial charge in [0.05, 0.1) is 0 Å². The van der Waals surface area contributed by atoms with Crippen LogP contribution in [0.4, 0.5) is 0 Å². The van der Waals surface area contributed by atoms with E-state index < -0.39 is 0 Å². The molecule has 0 heterocycles. The summed E-state index contributed by atoms with van der Waals surface area (Å²) in [6.07, 6.45) is 3.62. The number of allylic oxidation sites excluding steroid dienone is 1. The number of ketones is 1. The molecule has 3 nitrogen and oxygen atoms in total. The van der Waals surface area contributed by atoms with Crippen LogP contribution in [0.15, 0.2) is 30.3 Å². The van der Waals surface area contributed by atoms with Gasteiger partial charge in [-0.05, 0) is 39.7 Å². The molecular weight excluding hydrogens is 272 g/mol. The Morgan fingerprint density at radius 2 is 1.68 bits per heavy atom. The van der Waals surface area contributed by atoms with Gasteiger partial charge in [-0.1, -0.05) is 49.8 Å². The highest BCUT2D eigenvalue weighted by molar-refractivity contribution is 5.97. The van der Waals surface area contributed by atoms with E-state index in [-0.39, 0.29) is 11.2 Å². The summed E-state index contributed by atoms with van der Waals surface area (Å²) >= 11 is 0. The number of nitrogens with zero attached hydrogens (tertiary/aromatic N) is 2. The van der Waals surface area contributed by atoms with E-state index in [9.17, 15) is 4.79 Å². The number of hydrogen-bond acceptors (Lipinski definition) is 3. The van der Waals surface area contributed by atoms with Crippen molar-refractivity contribution in [2.24, 2.45) is 5.41 Å². The van der Waals surface area contributed by atoms with Crippen LogP contribution in [0, 0.1) is 12.3 Å². The molecule has 0 aliphatic rings. The summed E-state index contributed by atoms with van der Waals surface area (Å²) in [5.41, 5.74) is 1.92. The van der Waals surface area contributed by atoms with Crippen LogP contribution in [-0.4, -0.2) is 56.4 Å². The van der Waals surface area contributed by atoms with Crippen molar-refractivity contribution in [1.29, 1.82) is 0 Å². The van der Waals surface area contributed by atoms with Gasteiger partial charge in [-0.2, -0.15) is 0 Å². The minimum absolute atomic E-state index is 0.171. The number of benzene rings is 1. The summed E-state index contributed by atoms with van der Waals surface area (Å²) in [4.78, 5) is 16.8. The lowest BCUT2D eigenvalue weighted by molar-refractivity contribution is -0.122. The normalized spacial score (nSPS) is 12.5. The van der Waals surface area contributed by atoms with Crippen molar-refractivity contribution >= 4 is 11.9 Å². The lowest BCUT2D eigenvalue weighted by Gasteiger charge is -2.28. The molecule has 0 amide bonds. The molecule has 0 aromatic heterocycles. The maximum Gasteiger partial charge on any atom is 0.162 e. The number of hydrogen-bond donors (Lipinski definition) is 0. The molecule has 122 valence electrons. The molecule has 0 spiro atoms. The minimum Gasteiger partial charge on any atom is -0.308 e. The summed E-state index contributed by atoms with van der Waals surface area (Å²) in [6, 6.07) is 8.19. The van der Waals surface area contributed by atoms with E-state index in [1.165, 1.54) is 5.56 Å². The van der Waals surface area contributed by atoms with Crippen LogP contribution in [0.3, 0.4) is 0 Å². The number of rotatable bonds is 8. The van der Waals surface area contributed by atoms with Gasteiger partial charge in [0, 0.05) is 25.0 Å². The van der Waals surface area contributed by atoms with E-state index in [4.69, 9.17) is 0 Å². The fourth-order valence-electron chi connectivity index (χ4n) is 2.28. The Bertz CT molecular complexity index is 501. The topological polar surface area (TPSA) is 23.6 Å². The zero-order chi connectivity index (χ0) is 16.8. The third-order valence-corrected chi connectivity index (χ3v) is 3.77. The Labute approximate surface area is 135 Å². The molecule has 0 unspecified atom stereocenters. The second kappa shape index (κ2) is 8.25. The van der Waals surface area contributed by atoms with E-state index in [1.807, 2.05) is 32.1 Å². The summed E-state index contributed by atoms with van der Waals surface area (Å²) in [5.74, 6) is 0.171. The standard InChI is InChI=1S/C19H30N2O/c1-16-7-9-17(10-8-16)11-12-18(22)19(2,3)15-21(6)14-13-20(4)5/h7-12H,13-15H2,1-6H3/b12-11-. The van der Waals surface area contributed by atoms with Crippen molar-refractivity contribution in [2.75, 3.05) is 40.8 Å². The van der Waals surface area contributed by atoms with Crippen molar-refractivity contribution < 1.29 is 4.79 Å². The Morgan fingerprint density at radius 3 is 2.23 bits per heavy atom. The third-order valence-electron chi connectivity index (χ3n) is 3.77. The monoisotopic (exact) mass is 302 g/mol. The predicted octanol–water partition coefficient (Wildman–Crippen LogP) is 3.10. The van der Waals surface area contributed by atoms with Crippen LogP contribution in [0.1, 0.15) is 25.0 Å². The van der Waals surface area contributed by atoms with Crippen molar-refractivity contribution in [2.45, 2.75) is 20.8 Å². The number of aryl methyl sites for hydroxylation is 1. The Balaban J connectivity index is 2.59. The lowest BCUT2D eigenvalue weighted by atomic mass is 9.87.